The molecule has 2 aromatic carbocycles. The molecule has 4 N–H and O–H groups in total. The predicted octanol–water partition coefficient (Wildman–Crippen LogP) is 3.85. The largest absolute Gasteiger partial charge is 0.475 e. The first-order valence-corrected chi connectivity index (χ1v) is 16.3. The molecule has 2 aromatic rings. The summed E-state index contributed by atoms with van der Waals surface area (Å²) < 4.78 is 20.3. The van der Waals surface area contributed by atoms with Crippen molar-refractivity contribution in [3.05, 3.63) is 71.0 Å². The van der Waals surface area contributed by atoms with E-state index in [0.717, 1.165) is 56.1 Å². The van der Waals surface area contributed by atoms with Crippen molar-refractivity contribution in [2.75, 3.05) is 6.54 Å². The van der Waals surface area contributed by atoms with Gasteiger partial charge in [0.1, 0.15) is 18.0 Å². The molecule has 3 aliphatic rings. The zero-order valence-electron chi connectivity index (χ0n) is 26.1. The lowest BCUT2D eigenvalue weighted by atomic mass is 9.76. The minimum absolute atomic E-state index is 0. The summed E-state index contributed by atoms with van der Waals surface area (Å²) >= 11 is 0. The molecule has 0 bridgehead atoms. The monoisotopic (exact) mass is 658 g/mol. The number of ether oxygens (including phenoxy) is 1. The number of nitrogens with zero attached hydrogens (tertiary/aromatic N) is 2. The van der Waals surface area contributed by atoms with Gasteiger partial charge in [0.05, 0.1) is 18.5 Å². The minimum Gasteiger partial charge on any atom is -0.444 e. The third-order valence-corrected chi connectivity index (χ3v) is 9.21. The number of rotatable bonds is 5. The lowest BCUT2D eigenvalue weighted by Gasteiger charge is -2.30. The zero-order chi connectivity index (χ0) is 31.8. The highest BCUT2D eigenvalue weighted by molar-refractivity contribution is 6.43. The number of benzene rings is 2. The van der Waals surface area contributed by atoms with Gasteiger partial charge in [-0.25, -0.2) is 9.18 Å². The van der Waals surface area contributed by atoms with E-state index in [-0.39, 0.29) is 43.6 Å². The maximum Gasteiger partial charge on any atom is 0.475 e. The molecule has 250 valence electrons. The second-order valence-corrected chi connectivity index (χ2v) is 12.5. The standard InChI is InChI=1S/C33H44BFN4O6.ClH/c35-27-15-11-10-12-23(27)19-36-28-16-6-4-2-1-3-5-7-17-30(34(43)44)37-31(40)29-18-26(22-39(29)32(28)41)45-33(42)38-20-24-13-8-9-14-25(24)21-38;/h8-15,26,28-30,36,43-44H,1-7,16-22H2,(H,37,40);1H/t26-,28?,29+,30-;/m1./s1. The molecule has 2 fully saturated rings. The Labute approximate surface area is 276 Å². The molecule has 5 rings (SSSR count). The number of nitrogens with one attached hydrogen (secondary N) is 2. The molecule has 0 aromatic heterocycles. The van der Waals surface area contributed by atoms with E-state index < -0.39 is 43.2 Å². The molecular weight excluding hydrogens is 614 g/mol. The fraction of sp³-hybridized carbons (Fsp3) is 0.545. The van der Waals surface area contributed by atoms with Crippen LogP contribution in [0, 0.1) is 5.82 Å². The Morgan fingerprint density at radius 3 is 2.20 bits per heavy atom. The smallest absolute Gasteiger partial charge is 0.444 e. The molecule has 2 saturated heterocycles. The SMILES string of the molecule is Cl.O=C1N[C@@H](B(O)O)CCCCCCCCCC(NCc2ccccc2F)C(=O)N2C[C@H](OC(=O)N3Cc4ccccc4C3)C[C@@H]12. The first-order chi connectivity index (χ1) is 21.8. The van der Waals surface area contributed by atoms with E-state index in [2.05, 4.69) is 10.6 Å². The molecule has 0 saturated carbocycles. The number of fused-ring (bicyclic) bond motifs is 2. The summed E-state index contributed by atoms with van der Waals surface area (Å²) in [5, 5.41) is 26.1. The van der Waals surface area contributed by atoms with Crippen LogP contribution in [0.1, 0.15) is 80.9 Å². The number of hydrogen-bond acceptors (Lipinski definition) is 7. The third-order valence-electron chi connectivity index (χ3n) is 9.21. The Morgan fingerprint density at radius 2 is 1.54 bits per heavy atom. The fourth-order valence-corrected chi connectivity index (χ4v) is 6.61. The summed E-state index contributed by atoms with van der Waals surface area (Å²) in [6, 6.07) is 12.5. The highest BCUT2D eigenvalue weighted by Crippen LogP contribution is 2.27. The van der Waals surface area contributed by atoms with Gasteiger partial charge in [-0.3, -0.25) is 14.5 Å². The lowest BCUT2D eigenvalue weighted by Crippen LogP contribution is -2.56. The number of carbonyl (C=O) groups is 3. The Hall–Kier alpha value is -3.19. The quantitative estimate of drug-likeness (QED) is 0.359. The Bertz CT molecular complexity index is 1310. The Balaban J connectivity index is 0.00000480. The summed E-state index contributed by atoms with van der Waals surface area (Å²) in [6.45, 7) is 1.01. The molecule has 3 heterocycles. The molecule has 13 heteroatoms. The van der Waals surface area contributed by atoms with Gasteiger partial charge < -0.3 is 30.3 Å². The van der Waals surface area contributed by atoms with Gasteiger partial charge in [0, 0.05) is 31.6 Å². The van der Waals surface area contributed by atoms with E-state index >= 15 is 0 Å². The molecule has 3 aliphatic heterocycles. The summed E-state index contributed by atoms with van der Waals surface area (Å²) in [7, 11) is -1.75. The van der Waals surface area contributed by atoms with Gasteiger partial charge in [0.15, 0.2) is 0 Å². The molecule has 0 spiro atoms. The van der Waals surface area contributed by atoms with Gasteiger partial charge in [0.2, 0.25) is 11.8 Å². The van der Waals surface area contributed by atoms with Gasteiger partial charge in [-0.1, -0.05) is 87.4 Å². The minimum atomic E-state index is -1.75. The average molecular weight is 659 g/mol. The first-order valence-electron chi connectivity index (χ1n) is 16.3. The van der Waals surface area contributed by atoms with Crippen LogP contribution in [0.15, 0.2) is 48.5 Å². The van der Waals surface area contributed by atoms with Crippen molar-refractivity contribution >= 4 is 37.4 Å². The van der Waals surface area contributed by atoms with Crippen LogP contribution in [0.2, 0.25) is 0 Å². The van der Waals surface area contributed by atoms with Crippen LogP contribution in [0.3, 0.4) is 0 Å². The van der Waals surface area contributed by atoms with Crippen molar-refractivity contribution in [1.29, 1.82) is 0 Å². The molecule has 1 unspecified atom stereocenters. The van der Waals surface area contributed by atoms with Crippen LogP contribution in [0.5, 0.6) is 0 Å². The van der Waals surface area contributed by atoms with Crippen LogP contribution < -0.4 is 10.6 Å². The van der Waals surface area contributed by atoms with E-state index in [9.17, 15) is 28.8 Å². The van der Waals surface area contributed by atoms with Gasteiger partial charge >= 0.3 is 13.2 Å². The van der Waals surface area contributed by atoms with Gasteiger partial charge in [-0.2, -0.15) is 0 Å². The topological polar surface area (TPSA) is 131 Å². The lowest BCUT2D eigenvalue weighted by molar-refractivity contribution is -0.140. The Morgan fingerprint density at radius 1 is 0.935 bits per heavy atom. The highest BCUT2D eigenvalue weighted by atomic mass is 35.5. The molecule has 3 amide bonds. The molecular formula is C33H45BClFN4O6. The maximum atomic E-state index is 14.4. The fourth-order valence-electron chi connectivity index (χ4n) is 6.61. The number of carbonyl (C=O) groups excluding carboxylic acids is 3. The van der Waals surface area contributed by atoms with Crippen molar-refractivity contribution in [3.8, 4) is 0 Å². The Kier molecular flexibility index (Phi) is 13.3. The van der Waals surface area contributed by atoms with Crippen molar-refractivity contribution < 1.29 is 33.6 Å². The second-order valence-electron chi connectivity index (χ2n) is 12.5. The third kappa shape index (κ3) is 9.21. The zero-order valence-corrected chi connectivity index (χ0v) is 26.9. The summed E-state index contributed by atoms with van der Waals surface area (Å²) in [4.78, 5) is 44.1. The van der Waals surface area contributed by atoms with E-state index in [0.29, 0.717) is 31.5 Å². The number of hydrogen-bond donors (Lipinski definition) is 4. The van der Waals surface area contributed by atoms with E-state index in [1.165, 1.54) is 11.0 Å². The molecule has 0 aliphatic carbocycles. The van der Waals surface area contributed by atoms with E-state index in [4.69, 9.17) is 4.74 Å². The van der Waals surface area contributed by atoms with Crippen LogP contribution >= 0.6 is 12.4 Å². The van der Waals surface area contributed by atoms with Gasteiger partial charge in [-0.05, 0) is 30.0 Å². The number of amides is 3. The van der Waals surface area contributed by atoms with Crippen LogP contribution in [0.4, 0.5) is 9.18 Å². The first kappa shape index (κ1) is 35.7. The van der Waals surface area contributed by atoms with Crippen molar-refractivity contribution in [1.82, 2.24) is 20.4 Å². The second kappa shape index (κ2) is 17.1. The molecule has 46 heavy (non-hydrogen) atoms. The van der Waals surface area contributed by atoms with E-state index in [1.54, 1.807) is 23.1 Å². The van der Waals surface area contributed by atoms with Crippen LogP contribution in [0.25, 0.3) is 0 Å². The van der Waals surface area contributed by atoms with Gasteiger partial charge in [-0.15, -0.1) is 12.4 Å². The van der Waals surface area contributed by atoms with Crippen molar-refractivity contribution in [2.24, 2.45) is 0 Å². The maximum absolute atomic E-state index is 14.4. The van der Waals surface area contributed by atoms with Gasteiger partial charge in [0.25, 0.3) is 0 Å². The summed E-state index contributed by atoms with van der Waals surface area (Å²) in [5.41, 5.74) is 2.54. The van der Waals surface area contributed by atoms with Crippen molar-refractivity contribution in [2.45, 2.75) is 108 Å². The molecule has 10 nitrogen and oxygen atoms in total. The number of halogens is 2. The van der Waals surface area contributed by atoms with Crippen molar-refractivity contribution in [3.63, 3.8) is 0 Å². The van der Waals surface area contributed by atoms with Crippen LogP contribution in [-0.2, 0) is 34.0 Å². The van der Waals surface area contributed by atoms with E-state index in [1.807, 2.05) is 24.3 Å². The highest BCUT2D eigenvalue weighted by Gasteiger charge is 2.44. The van der Waals surface area contributed by atoms with Crippen LogP contribution in [-0.4, -0.2) is 75.5 Å². The normalized spacial score (nSPS) is 24.4. The molecule has 0 radical (unpaired) electrons. The summed E-state index contributed by atoms with van der Waals surface area (Å²) in [5.74, 6) is -2.10. The summed E-state index contributed by atoms with van der Waals surface area (Å²) in [6.07, 6.45) is 6.16. The predicted molar refractivity (Wildman–Crippen MR) is 174 cm³/mol. The molecule has 4 atom stereocenters. The average Bonchev–Trinajstić information content (AvgIpc) is 3.66.